The number of carboxylic acids is 1. The van der Waals surface area contributed by atoms with Crippen molar-refractivity contribution in [1.29, 1.82) is 0 Å². The van der Waals surface area contributed by atoms with Crippen molar-refractivity contribution in [1.82, 2.24) is 4.98 Å². The third kappa shape index (κ3) is 5.48. The fourth-order valence-electron chi connectivity index (χ4n) is 0.946. The van der Waals surface area contributed by atoms with E-state index in [2.05, 4.69) is 15.3 Å². The van der Waals surface area contributed by atoms with Gasteiger partial charge in [-0.25, -0.2) is 9.78 Å². The molecule has 7 nitrogen and oxygen atoms in total. The van der Waals surface area contributed by atoms with Crippen molar-refractivity contribution in [2.24, 2.45) is 0 Å². The molecule has 1 aromatic rings. The minimum absolute atomic E-state index is 0.176. The Morgan fingerprint density at radius 3 is 2.72 bits per heavy atom. The van der Waals surface area contributed by atoms with Crippen molar-refractivity contribution >= 4 is 28.6 Å². The van der Waals surface area contributed by atoms with E-state index < -0.39 is 17.7 Å². The number of carbonyl (C=O) groups is 2. The fraction of sp³-hybridized carbons (Fsp3) is 0.500. The molecule has 1 rings (SSSR count). The quantitative estimate of drug-likeness (QED) is 0.640. The van der Waals surface area contributed by atoms with Crippen LogP contribution in [0.1, 0.15) is 26.5 Å². The van der Waals surface area contributed by atoms with Crippen LogP contribution < -0.4 is 5.48 Å². The highest BCUT2D eigenvalue weighted by molar-refractivity contribution is 7.13. The molecule has 0 saturated heterocycles. The normalized spacial score (nSPS) is 10.8. The maximum absolute atomic E-state index is 11.2. The van der Waals surface area contributed by atoms with Crippen LogP contribution in [0.3, 0.4) is 0 Å². The average molecular weight is 274 g/mol. The molecule has 0 bridgehead atoms. The summed E-state index contributed by atoms with van der Waals surface area (Å²) in [6.07, 6.45) is -1.05. The molecule has 1 heterocycles. The van der Waals surface area contributed by atoms with Gasteiger partial charge in [0.2, 0.25) is 5.13 Å². The van der Waals surface area contributed by atoms with Gasteiger partial charge in [0.05, 0.1) is 12.1 Å². The predicted molar refractivity (Wildman–Crippen MR) is 64.4 cm³/mol. The number of aliphatic carboxylic acids is 1. The second-order valence-electron chi connectivity index (χ2n) is 4.38. The van der Waals surface area contributed by atoms with Crippen molar-refractivity contribution in [3.05, 3.63) is 11.1 Å². The molecule has 100 valence electrons. The van der Waals surface area contributed by atoms with Crippen molar-refractivity contribution in [2.45, 2.75) is 32.8 Å². The fourth-order valence-corrected chi connectivity index (χ4v) is 1.59. The minimum atomic E-state index is -0.972. The van der Waals surface area contributed by atoms with Gasteiger partial charge in [0.25, 0.3) is 0 Å². The molecule has 0 spiro atoms. The molecule has 0 aromatic carbocycles. The van der Waals surface area contributed by atoms with E-state index >= 15 is 0 Å². The summed E-state index contributed by atoms with van der Waals surface area (Å²) in [6, 6.07) is 0. The number of nitrogens with one attached hydrogen (secondary N) is 1. The van der Waals surface area contributed by atoms with Crippen molar-refractivity contribution < 1.29 is 24.3 Å². The Hall–Kier alpha value is -1.83. The smallest absolute Gasteiger partial charge is 0.481 e. The van der Waals surface area contributed by atoms with E-state index in [0.717, 1.165) is 11.3 Å². The van der Waals surface area contributed by atoms with E-state index in [9.17, 15) is 9.59 Å². The van der Waals surface area contributed by atoms with Gasteiger partial charge in [-0.15, -0.1) is 11.3 Å². The lowest BCUT2D eigenvalue weighted by atomic mass is 10.2. The second kappa shape index (κ2) is 5.67. The summed E-state index contributed by atoms with van der Waals surface area (Å²) >= 11 is 1.13. The van der Waals surface area contributed by atoms with Gasteiger partial charge in [0.1, 0.15) is 5.60 Å². The third-order valence-corrected chi connectivity index (χ3v) is 2.28. The molecule has 1 aromatic heterocycles. The molecule has 0 atom stereocenters. The largest absolute Gasteiger partial charge is 0.533 e. The summed E-state index contributed by atoms with van der Waals surface area (Å²) in [4.78, 5) is 30.2. The summed E-state index contributed by atoms with van der Waals surface area (Å²) in [5.41, 5.74) is 2.05. The van der Waals surface area contributed by atoms with Crippen LogP contribution in [0.25, 0.3) is 0 Å². The first-order chi connectivity index (χ1) is 8.26. The minimum Gasteiger partial charge on any atom is -0.481 e. The zero-order valence-corrected chi connectivity index (χ0v) is 11.0. The van der Waals surface area contributed by atoms with E-state index in [-0.39, 0.29) is 11.6 Å². The molecule has 0 aliphatic rings. The Morgan fingerprint density at radius 2 is 2.17 bits per heavy atom. The summed E-state index contributed by atoms with van der Waals surface area (Å²) in [5, 5.41) is 10.4. The number of ether oxygens (including phenoxy) is 1. The Kier molecular flexibility index (Phi) is 4.49. The Balaban J connectivity index is 2.42. The van der Waals surface area contributed by atoms with E-state index in [1.54, 1.807) is 26.2 Å². The number of hydrogen-bond donors (Lipinski definition) is 2. The van der Waals surface area contributed by atoms with Crippen LogP contribution >= 0.6 is 11.3 Å². The molecule has 8 heteroatoms. The molecule has 2 N–H and O–H groups in total. The second-order valence-corrected chi connectivity index (χ2v) is 5.24. The Bertz CT molecular complexity index is 438. The highest BCUT2D eigenvalue weighted by Gasteiger charge is 2.18. The summed E-state index contributed by atoms with van der Waals surface area (Å²) in [6.45, 7) is 5.13. The lowest BCUT2D eigenvalue weighted by molar-refractivity contribution is -0.136. The first-order valence-corrected chi connectivity index (χ1v) is 5.96. The number of rotatable bonds is 4. The predicted octanol–water partition coefficient (Wildman–Crippen LogP) is 2.05. The zero-order chi connectivity index (χ0) is 13.8. The standard InChI is InChI=1S/C10H14N2O5S/c1-10(2,3)16-9(15)17-12-8-11-6(5-18-8)4-7(13)14/h5H,4H2,1-3H3,(H,11,12)(H,13,14). The molecule has 0 fully saturated rings. The van der Waals surface area contributed by atoms with E-state index in [0.29, 0.717) is 5.69 Å². The molecule has 0 aliphatic heterocycles. The molecule has 18 heavy (non-hydrogen) atoms. The molecule has 0 saturated carbocycles. The number of aromatic nitrogens is 1. The molecular weight excluding hydrogens is 260 g/mol. The van der Waals surface area contributed by atoms with Gasteiger partial charge < -0.3 is 14.7 Å². The van der Waals surface area contributed by atoms with Gasteiger partial charge in [0.15, 0.2) is 0 Å². The van der Waals surface area contributed by atoms with Gasteiger partial charge in [-0.2, -0.15) is 5.48 Å². The SMILES string of the molecule is CC(C)(C)OC(=O)ONc1nc(CC(=O)O)cs1. The highest BCUT2D eigenvalue weighted by Crippen LogP contribution is 2.16. The van der Waals surface area contributed by atoms with Crippen LogP contribution in [0.15, 0.2) is 5.38 Å². The van der Waals surface area contributed by atoms with Gasteiger partial charge in [-0.1, -0.05) is 0 Å². The Labute approximate surface area is 108 Å². The maximum atomic E-state index is 11.2. The summed E-state index contributed by atoms with van der Waals surface area (Å²) in [5.74, 6) is -0.972. The Morgan fingerprint density at radius 1 is 1.50 bits per heavy atom. The molecule has 0 amide bonds. The van der Waals surface area contributed by atoms with Crippen molar-refractivity contribution in [3.8, 4) is 0 Å². The third-order valence-electron chi connectivity index (χ3n) is 1.50. The van der Waals surface area contributed by atoms with E-state index in [1.807, 2.05) is 0 Å². The van der Waals surface area contributed by atoms with Crippen LogP contribution in [0.5, 0.6) is 0 Å². The van der Waals surface area contributed by atoms with Crippen LogP contribution in [0, 0.1) is 0 Å². The number of nitrogens with zero attached hydrogens (tertiary/aromatic N) is 1. The van der Waals surface area contributed by atoms with Crippen LogP contribution in [0.2, 0.25) is 0 Å². The van der Waals surface area contributed by atoms with Gasteiger partial charge in [-0.3, -0.25) is 4.79 Å². The van der Waals surface area contributed by atoms with Gasteiger partial charge >= 0.3 is 12.1 Å². The monoisotopic (exact) mass is 274 g/mol. The van der Waals surface area contributed by atoms with Crippen LogP contribution in [-0.2, 0) is 20.8 Å². The molecule has 0 radical (unpaired) electrons. The number of hydrogen-bond acceptors (Lipinski definition) is 7. The molecular formula is C10H14N2O5S. The van der Waals surface area contributed by atoms with Crippen LogP contribution in [0.4, 0.5) is 9.93 Å². The van der Waals surface area contributed by atoms with Crippen molar-refractivity contribution in [3.63, 3.8) is 0 Å². The lowest BCUT2D eigenvalue weighted by Crippen LogP contribution is -2.25. The number of carboxylic acid groups (broad SMARTS) is 1. The highest BCUT2D eigenvalue weighted by atomic mass is 32.1. The maximum Gasteiger partial charge on any atom is 0.533 e. The summed E-state index contributed by atoms with van der Waals surface area (Å²) in [7, 11) is 0. The average Bonchev–Trinajstić information content (AvgIpc) is 2.59. The van der Waals surface area contributed by atoms with Crippen molar-refractivity contribution in [2.75, 3.05) is 5.48 Å². The molecule has 0 aliphatic carbocycles. The number of thiazole rings is 1. The lowest BCUT2D eigenvalue weighted by Gasteiger charge is -2.18. The molecule has 0 unspecified atom stereocenters. The summed E-state index contributed by atoms with van der Waals surface area (Å²) < 4.78 is 4.89. The van der Waals surface area contributed by atoms with Crippen LogP contribution in [-0.4, -0.2) is 27.8 Å². The first kappa shape index (κ1) is 14.2. The topological polar surface area (TPSA) is 97.8 Å². The first-order valence-electron chi connectivity index (χ1n) is 5.08. The van der Waals surface area contributed by atoms with Gasteiger partial charge in [0, 0.05) is 5.38 Å². The van der Waals surface area contributed by atoms with Gasteiger partial charge in [-0.05, 0) is 20.8 Å². The van der Waals surface area contributed by atoms with E-state index in [4.69, 9.17) is 9.84 Å². The number of carbonyl (C=O) groups excluding carboxylic acids is 1. The number of anilines is 1. The van der Waals surface area contributed by atoms with E-state index in [1.165, 1.54) is 0 Å². The zero-order valence-electron chi connectivity index (χ0n) is 10.2.